The molecule has 9 nitrogen and oxygen atoms in total. The molecule has 1 aromatic rings. The first-order chi connectivity index (χ1) is 17.6. The molecule has 1 spiro atoms. The quantitative estimate of drug-likeness (QED) is 0.559. The van der Waals surface area contributed by atoms with E-state index in [9.17, 15) is 22.8 Å². The number of carbonyl (C=O) groups excluding carboxylic acids is 2. The number of likely N-dealkylation sites (tertiary alicyclic amines) is 1. The summed E-state index contributed by atoms with van der Waals surface area (Å²) in [6.45, 7) is 7.36. The Hall–Kier alpha value is -2.73. The maximum atomic E-state index is 13.8. The van der Waals surface area contributed by atoms with E-state index in [0.717, 1.165) is 51.5 Å². The Labute approximate surface area is 213 Å². The molecule has 1 amide bonds. The average molecular weight is 524 g/mol. The van der Waals surface area contributed by atoms with Crippen molar-refractivity contribution in [2.24, 2.45) is 0 Å². The third kappa shape index (κ3) is 4.93. The van der Waals surface area contributed by atoms with Gasteiger partial charge in [-0.1, -0.05) is 0 Å². The highest BCUT2D eigenvalue weighted by Crippen LogP contribution is 2.43. The second kappa shape index (κ2) is 9.86. The van der Waals surface area contributed by atoms with Crippen molar-refractivity contribution in [1.29, 1.82) is 0 Å². The van der Waals surface area contributed by atoms with E-state index < -0.39 is 23.4 Å². The molecule has 4 aliphatic heterocycles. The van der Waals surface area contributed by atoms with Gasteiger partial charge >= 0.3 is 12.1 Å². The van der Waals surface area contributed by atoms with Gasteiger partial charge in [0.15, 0.2) is 0 Å². The summed E-state index contributed by atoms with van der Waals surface area (Å²) in [7, 11) is 0. The molecule has 0 aliphatic carbocycles. The van der Waals surface area contributed by atoms with E-state index in [1.807, 2.05) is 6.92 Å². The predicted octanol–water partition coefficient (Wildman–Crippen LogP) is 2.42. The van der Waals surface area contributed by atoms with E-state index >= 15 is 0 Å². The van der Waals surface area contributed by atoms with Crippen LogP contribution in [0.15, 0.2) is 23.5 Å². The number of anilines is 1. The molecular formula is C25H32F3N5O4. The minimum atomic E-state index is -4.56. The second-order valence-electron chi connectivity index (χ2n) is 10.3. The molecule has 0 aromatic carbocycles. The van der Waals surface area contributed by atoms with Gasteiger partial charge in [0, 0.05) is 82.5 Å². The van der Waals surface area contributed by atoms with Crippen molar-refractivity contribution in [3.63, 3.8) is 0 Å². The van der Waals surface area contributed by atoms with E-state index in [-0.39, 0.29) is 17.8 Å². The van der Waals surface area contributed by atoms with E-state index in [1.165, 1.54) is 0 Å². The molecule has 5 heterocycles. The van der Waals surface area contributed by atoms with Crippen LogP contribution in [0.4, 0.5) is 19.0 Å². The van der Waals surface area contributed by atoms with Gasteiger partial charge < -0.3 is 19.3 Å². The smallest absolute Gasteiger partial charge is 0.433 e. The first-order valence-corrected chi connectivity index (χ1v) is 12.8. The zero-order chi connectivity index (χ0) is 26.4. The van der Waals surface area contributed by atoms with Gasteiger partial charge in [-0.15, -0.1) is 0 Å². The van der Waals surface area contributed by atoms with Gasteiger partial charge in [-0.3, -0.25) is 9.69 Å². The summed E-state index contributed by atoms with van der Waals surface area (Å²) in [5, 5.41) is 0. The van der Waals surface area contributed by atoms with Crippen molar-refractivity contribution >= 4 is 17.7 Å². The molecule has 3 saturated heterocycles. The number of nitrogens with zero attached hydrogens (tertiary/aromatic N) is 5. The number of alkyl halides is 3. The number of hydrogen-bond acceptors (Lipinski definition) is 8. The van der Waals surface area contributed by atoms with Crippen LogP contribution >= 0.6 is 0 Å². The van der Waals surface area contributed by atoms with Crippen LogP contribution in [0, 0.1) is 0 Å². The summed E-state index contributed by atoms with van der Waals surface area (Å²) in [4.78, 5) is 39.7. The van der Waals surface area contributed by atoms with Crippen molar-refractivity contribution in [1.82, 2.24) is 19.8 Å². The monoisotopic (exact) mass is 523 g/mol. The van der Waals surface area contributed by atoms with Gasteiger partial charge in [0.2, 0.25) is 0 Å². The highest BCUT2D eigenvalue weighted by atomic mass is 19.4. The van der Waals surface area contributed by atoms with Crippen LogP contribution in [-0.4, -0.2) is 95.3 Å². The molecule has 0 N–H and O–H groups in total. The van der Waals surface area contributed by atoms with E-state index in [1.54, 1.807) is 16.7 Å². The third-order valence-electron chi connectivity index (χ3n) is 8.10. The Morgan fingerprint density at radius 2 is 1.81 bits per heavy atom. The SMILES string of the molecule is CC1=C(C(=O)N2CCN(c3cc(C(F)(F)F)ncn3)C(C)C2)C2(CCN(C3CCOCC3)CC2)OC1=O. The molecule has 12 heteroatoms. The van der Waals surface area contributed by atoms with Crippen molar-refractivity contribution < 1.29 is 32.2 Å². The number of esters is 1. The number of hydrogen-bond donors (Lipinski definition) is 0. The van der Waals surface area contributed by atoms with E-state index in [2.05, 4.69) is 14.9 Å². The Morgan fingerprint density at radius 1 is 1.11 bits per heavy atom. The summed E-state index contributed by atoms with van der Waals surface area (Å²) in [5.74, 6) is -0.503. The number of piperazine rings is 1. The minimum absolute atomic E-state index is 0.175. The van der Waals surface area contributed by atoms with Gasteiger partial charge in [0.1, 0.15) is 23.4 Å². The molecule has 0 saturated carbocycles. The molecule has 3 fully saturated rings. The summed E-state index contributed by atoms with van der Waals surface area (Å²) in [6, 6.07) is 1.10. The highest BCUT2D eigenvalue weighted by molar-refractivity contribution is 6.07. The number of piperidine rings is 1. The molecule has 0 bridgehead atoms. The molecule has 37 heavy (non-hydrogen) atoms. The minimum Gasteiger partial charge on any atom is -0.450 e. The lowest BCUT2D eigenvalue weighted by Gasteiger charge is -2.45. The largest absolute Gasteiger partial charge is 0.450 e. The van der Waals surface area contributed by atoms with Crippen molar-refractivity contribution in [3.8, 4) is 0 Å². The first-order valence-electron chi connectivity index (χ1n) is 12.8. The average Bonchev–Trinajstić information content (AvgIpc) is 3.12. The van der Waals surface area contributed by atoms with Crippen LogP contribution in [-0.2, 0) is 25.2 Å². The summed E-state index contributed by atoms with van der Waals surface area (Å²) < 4.78 is 50.7. The highest BCUT2D eigenvalue weighted by Gasteiger charge is 2.52. The van der Waals surface area contributed by atoms with Gasteiger partial charge in [-0.25, -0.2) is 14.8 Å². The van der Waals surface area contributed by atoms with Gasteiger partial charge in [0.05, 0.1) is 5.57 Å². The fourth-order valence-electron chi connectivity index (χ4n) is 6.06. The maximum absolute atomic E-state index is 13.8. The fraction of sp³-hybridized carbons (Fsp3) is 0.680. The van der Waals surface area contributed by atoms with Crippen LogP contribution in [0.25, 0.3) is 0 Å². The first kappa shape index (κ1) is 25.9. The van der Waals surface area contributed by atoms with Crippen LogP contribution in [0.3, 0.4) is 0 Å². The molecule has 4 aliphatic rings. The number of rotatable bonds is 3. The van der Waals surface area contributed by atoms with Crippen LogP contribution < -0.4 is 4.90 Å². The van der Waals surface area contributed by atoms with Crippen LogP contribution in [0.1, 0.15) is 45.2 Å². The van der Waals surface area contributed by atoms with Crippen LogP contribution in [0.5, 0.6) is 0 Å². The number of ether oxygens (including phenoxy) is 2. The molecule has 0 radical (unpaired) electrons. The number of carbonyl (C=O) groups is 2. The Morgan fingerprint density at radius 3 is 2.46 bits per heavy atom. The van der Waals surface area contributed by atoms with Gasteiger partial charge in [-0.2, -0.15) is 13.2 Å². The molecule has 1 aromatic heterocycles. The summed E-state index contributed by atoms with van der Waals surface area (Å²) in [6.07, 6.45) is -0.573. The fourth-order valence-corrected chi connectivity index (χ4v) is 6.06. The maximum Gasteiger partial charge on any atom is 0.433 e. The van der Waals surface area contributed by atoms with Crippen LogP contribution in [0.2, 0.25) is 0 Å². The number of aromatic nitrogens is 2. The van der Waals surface area contributed by atoms with Crippen molar-refractivity contribution in [2.45, 2.75) is 63.4 Å². The second-order valence-corrected chi connectivity index (χ2v) is 10.3. The number of halogens is 3. The zero-order valence-electron chi connectivity index (χ0n) is 21.1. The molecular weight excluding hydrogens is 491 g/mol. The Bertz CT molecular complexity index is 1080. The summed E-state index contributed by atoms with van der Waals surface area (Å²) >= 11 is 0. The third-order valence-corrected chi connectivity index (χ3v) is 8.10. The lowest BCUT2D eigenvalue weighted by molar-refractivity contribution is -0.152. The van der Waals surface area contributed by atoms with Gasteiger partial charge in [0.25, 0.3) is 5.91 Å². The van der Waals surface area contributed by atoms with E-state index in [0.29, 0.717) is 49.7 Å². The number of amides is 1. The molecule has 5 rings (SSSR count). The van der Waals surface area contributed by atoms with Gasteiger partial charge in [-0.05, 0) is 26.7 Å². The molecule has 1 unspecified atom stereocenters. The Balaban J connectivity index is 1.28. The topological polar surface area (TPSA) is 88.1 Å². The lowest BCUT2D eigenvalue weighted by Crippen LogP contribution is -2.57. The Kier molecular flexibility index (Phi) is 6.90. The van der Waals surface area contributed by atoms with Crippen molar-refractivity contribution in [2.75, 3.05) is 50.8 Å². The molecule has 1 atom stereocenters. The zero-order valence-corrected chi connectivity index (χ0v) is 21.1. The normalized spacial score (nSPS) is 25.6. The molecule has 202 valence electrons. The lowest BCUT2D eigenvalue weighted by atomic mass is 9.81. The standard InChI is InChI=1S/C25H32F3N5O4/c1-16-14-32(9-10-33(16)20-13-19(25(26,27)28)29-15-30-20)22(34)21-17(2)23(35)37-24(21)5-7-31(8-6-24)18-3-11-36-12-4-18/h13,15-16,18H,3-12,14H2,1-2H3. The van der Waals surface area contributed by atoms with E-state index in [4.69, 9.17) is 9.47 Å². The van der Waals surface area contributed by atoms with Crippen molar-refractivity contribution in [3.05, 3.63) is 29.2 Å². The summed E-state index contributed by atoms with van der Waals surface area (Å²) in [5.41, 5.74) is -1.13. The predicted molar refractivity (Wildman–Crippen MR) is 127 cm³/mol.